The normalized spacial score (nSPS) is 10.6. The first-order chi connectivity index (χ1) is 13.9. The summed E-state index contributed by atoms with van der Waals surface area (Å²) in [5, 5.41) is 12.0. The van der Waals surface area contributed by atoms with Crippen LogP contribution in [0.25, 0.3) is 0 Å². The van der Waals surface area contributed by atoms with Gasteiger partial charge in [-0.15, -0.1) is 10.2 Å². The van der Waals surface area contributed by atoms with E-state index >= 15 is 0 Å². The number of hydrogen-bond acceptors (Lipinski definition) is 5. The smallest absolute Gasteiger partial charge is 0.253 e. The fourth-order valence-electron chi connectivity index (χ4n) is 2.68. The van der Waals surface area contributed by atoms with E-state index in [2.05, 4.69) is 15.5 Å². The third-order valence-corrected chi connectivity index (χ3v) is 5.30. The number of hydrogen-bond donors (Lipinski definition) is 1. The van der Waals surface area contributed by atoms with Crippen molar-refractivity contribution < 1.29 is 9.59 Å². The molecule has 0 aliphatic heterocycles. The van der Waals surface area contributed by atoms with Crippen LogP contribution in [-0.2, 0) is 18.3 Å². The maximum absolute atomic E-state index is 12.3. The number of carbonyl (C=O) groups excluding carboxylic acids is 2. The molecule has 3 aromatic rings. The van der Waals surface area contributed by atoms with Crippen molar-refractivity contribution in [1.29, 1.82) is 0 Å². The van der Waals surface area contributed by atoms with Crippen molar-refractivity contribution in [2.24, 2.45) is 7.05 Å². The quantitative estimate of drug-likeness (QED) is 0.607. The van der Waals surface area contributed by atoms with Gasteiger partial charge in [-0.2, -0.15) is 0 Å². The molecule has 0 unspecified atom stereocenters. The lowest BCUT2D eigenvalue weighted by atomic mass is 10.1. The van der Waals surface area contributed by atoms with Crippen LogP contribution in [0, 0.1) is 0 Å². The fraction of sp³-hybridized carbons (Fsp3) is 0.238. The molecule has 1 aromatic heterocycles. The minimum atomic E-state index is -0.144. The molecule has 3 rings (SSSR count). The molecule has 2 aromatic carbocycles. The zero-order valence-corrected chi connectivity index (χ0v) is 17.4. The zero-order valence-electron chi connectivity index (χ0n) is 16.6. The van der Waals surface area contributed by atoms with Crippen molar-refractivity contribution >= 4 is 29.3 Å². The van der Waals surface area contributed by atoms with Gasteiger partial charge in [0.2, 0.25) is 5.91 Å². The second-order valence-electron chi connectivity index (χ2n) is 6.73. The Morgan fingerprint density at radius 3 is 2.38 bits per heavy atom. The second-order valence-corrected chi connectivity index (χ2v) is 7.68. The summed E-state index contributed by atoms with van der Waals surface area (Å²) in [6.45, 7) is 0. The van der Waals surface area contributed by atoms with E-state index in [0.29, 0.717) is 22.8 Å². The van der Waals surface area contributed by atoms with Gasteiger partial charge in [-0.1, -0.05) is 42.1 Å². The third-order valence-electron chi connectivity index (χ3n) is 4.28. The number of nitrogens with one attached hydrogen (secondary N) is 1. The zero-order chi connectivity index (χ0) is 20.8. The molecule has 1 heterocycles. The van der Waals surface area contributed by atoms with Gasteiger partial charge >= 0.3 is 0 Å². The van der Waals surface area contributed by atoms with E-state index in [1.807, 2.05) is 41.9 Å². The highest BCUT2D eigenvalue weighted by Crippen LogP contribution is 2.18. The highest BCUT2D eigenvalue weighted by atomic mass is 32.2. The Morgan fingerprint density at radius 1 is 1.03 bits per heavy atom. The third kappa shape index (κ3) is 5.45. The molecule has 0 spiro atoms. The van der Waals surface area contributed by atoms with Gasteiger partial charge in [-0.3, -0.25) is 9.59 Å². The van der Waals surface area contributed by atoms with E-state index in [0.717, 1.165) is 11.4 Å². The highest BCUT2D eigenvalue weighted by molar-refractivity contribution is 7.99. The van der Waals surface area contributed by atoms with Gasteiger partial charge in [0.05, 0.1) is 5.75 Å². The highest BCUT2D eigenvalue weighted by Gasteiger charge is 2.13. The van der Waals surface area contributed by atoms with Crippen LogP contribution in [0.4, 0.5) is 5.69 Å². The Balaban J connectivity index is 1.54. The molecule has 8 heteroatoms. The van der Waals surface area contributed by atoms with Gasteiger partial charge in [0.15, 0.2) is 5.16 Å². The molecule has 0 aliphatic rings. The largest absolute Gasteiger partial charge is 0.345 e. The number of aromatic nitrogens is 3. The number of thioether (sulfide) groups is 1. The van der Waals surface area contributed by atoms with E-state index < -0.39 is 0 Å². The van der Waals surface area contributed by atoms with Crippen LogP contribution in [0.15, 0.2) is 59.8 Å². The Hall–Kier alpha value is -3.13. The summed E-state index contributed by atoms with van der Waals surface area (Å²) in [5.74, 6) is 0.844. The van der Waals surface area contributed by atoms with Crippen LogP contribution in [0.1, 0.15) is 21.7 Å². The predicted octanol–water partition coefficient (Wildman–Crippen LogP) is 2.84. The summed E-state index contributed by atoms with van der Waals surface area (Å²) in [7, 11) is 5.30. The van der Waals surface area contributed by atoms with E-state index in [1.165, 1.54) is 16.7 Å². The summed E-state index contributed by atoms with van der Waals surface area (Å²) in [5.41, 5.74) is 2.38. The van der Waals surface area contributed by atoms with Gasteiger partial charge in [-0.25, -0.2) is 0 Å². The first kappa shape index (κ1) is 20.6. The molecule has 7 nitrogen and oxygen atoms in total. The van der Waals surface area contributed by atoms with Crippen LogP contribution >= 0.6 is 11.8 Å². The molecule has 0 saturated carbocycles. The predicted molar refractivity (Wildman–Crippen MR) is 114 cm³/mol. The van der Waals surface area contributed by atoms with Gasteiger partial charge < -0.3 is 14.8 Å². The number of anilines is 1. The molecule has 0 fully saturated rings. The number of amides is 2. The minimum absolute atomic E-state index is 0.0768. The topological polar surface area (TPSA) is 80.1 Å². The molecule has 0 radical (unpaired) electrons. The van der Waals surface area contributed by atoms with Crippen LogP contribution in [0.2, 0.25) is 0 Å². The van der Waals surface area contributed by atoms with E-state index in [4.69, 9.17) is 0 Å². The average Bonchev–Trinajstić information content (AvgIpc) is 3.06. The molecule has 150 valence electrons. The molecular formula is C21H23N5O2S. The average molecular weight is 410 g/mol. The molecule has 1 N–H and O–H groups in total. The summed E-state index contributed by atoms with van der Waals surface area (Å²) in [6.07, 6.45) is 0.690. The van der Waals surface area contributed by atoms with Crippen molar-refractivity contribution in [2.75, 3.05) is 25.2 Å². The molecule has 0 bridgehead atoms. The van der Waals surface area contributed by atoms with Crippen molar-refractivity contribution in [3.8, 4) is 0 Å². The first-order valence-electron chi connectivity index (χ1n) is 9.10. The Morgan fingerprint density at radius 2 is 1.72 bits per heavy atom. The molecule has 0 saturated heterocycles. The minimum Gasteiger partial charge on any atom is -0.345 e. The van der Waals surface area contributed by atoms with Crippen molar-refractivity contribution in [3.05, 3.63) is 71.5 Å². The van der Waals surface area contributed by atoms with E-state index in [-0.39, 0.29) is 17.6 Å². The van der Waals surface area contributed by atoms with Crippen LogP contribution < -0.4 is 5.32 Å². The van der Waals surface area contributed by atoms with E-state index in [9.17, 15) is 9.59 Å². The SMILES string of the molecule is CN(C)C(=O)c1ccc(NC(=O)CSc2nnc(Cc3ccccc3)n2C)cc1. The molecule has 0 aliphatic carbocycles. The molecule has 29 heavy (non-hydrogen) atoms. The van der Waals surface area contributed by atoms with E-state index in [1.54, 1.807) is 38.4 Å². The van der Waals surface area contributed by atoms with Crippen LogP contribution in [0.3, 0.4) is 0 Å². The van der Waals surface area contributed by atoms with Crippen molar-refractivity contribution in [3.63, 3.8) is 0 Å². The summed E-state index contributed by atoms with van der Waals surface area (Å²) in [4.78, 5) is 25.7. The maximum Gasteiger partial charge on any atom is 0.253 e. The van der Waals surface area contributed by atoms with Crippen LogP contribution in [0.5, 0.6) is 0 Å². The van der Waals surface area contributed by atoms with Crippen molar-refractivity contribution in [1.82, 2.24) is 19.7 Å². The van der Waals surface area contributed by atoms with Crippen molar-refractivity contribution in [2.45, 2.75) is 11.6 Å². The molecule has 2 amide bonds. The van der Waals surface area contributed by atoms with Gasteiger partial charge in [0.1, 0.15) is 5.82 Å². The Kier molecular flexibility index (Phi) is 6.66. The summed E-state index contributed by atoms with van der Waals surface area (Å²) < 4.78 is 1.91. The van der Waals surface area contributed by atoms with Gasteiger partial charge in [0, 0.05) is 38.8 Å². The summed E-state index contributed by atoms with van der Waals surface area (Å²) >= 11 is 1.33. The number of benzene rings is 2. The Bertz CT molecular complexity index is 984. The lowest BCUT2D eigenvalue weighted by Crippen LogP contribution is -2.21. The van der Waals surface area contributed by atoms with Gasteiger partial charge in [-0.05, 0) is 29.8 Å². The maximum atomic E-state index is 12.3. The monoisotopic (exact) mass is 409 g/mol. The number of carbonyl (C=O) groups is 2. The first-order valence-corrected chi connectivity index (χ1v) is 10.1. The molecule has 0 atom stereocenters. The fourth-order valence-corrected chi connectivity index (χ4v) is 3.41. The Labute approximate surface area is 174 Å². The number of nitrogens with zero attached hydrogens (tertiary/aromatic N) is 4. The second kappa shape index (κ2) is 9.38. The van der Waals surface area contributed by atoms with Crippen LogP contribution in [-0.4, -0.2) is 51.3 Å². The molecular weight excluding hydrogens is 386 g/mol. The summed E-state index contributed by atoms with van der Waals surface area (Å²) in [6, 6.07) is 16.9. The van der Waals surface area contributed by atoms with Gasteiger partial charge in [0.25, 0.3) is 5.91 Å². The number of rotatable bonds is 7. The lowest BCUT2D eigenvalue weighted by Gasteiger charge is -2.11. The lowest BCUT2D eigenvalue weighted by molar-refractivity contribution is -0.113. The standard InChI is InChI=1S/C21H23N5O2S/c1-25(2)20(28)16-9-11-17(12-10-16)22-19(27)14-29-21-24-23-18(26(21)3)13-15-7-5-4-6-8-15/h4-12H,13-14H2,1-3H3,(H,22,27).